The normalized spacial score (nSPS) is 17.5. The number of carbonyl (C=O) groups excluding carboxylic acids is 1. The molecule has 0 spiro atoms. The number of alkyl halides is 3. The van der Waals surface area contributed by atoms with E-state index in [4.69, 9.17) is 19.2 Å². The number of amides is 2. The van der Waals surface area contributed by atoms with E-state index in [0.29, 0.717) is 80.7 Å². The van der Waals surface area contributed by atoms with Gasteiger partial charge >= 0.3 is 12.4 Å². The van der Waals surface area contributed by atoms with Crippen LogP contribution in [0.5, 0.6) is 0 Å². The van der Waals surface area contributed by atoms with E-state index in [1.807, 2.05) is 16.4 Å². The molecule has 4 heterocycles. The van der Waals surface area contributed by atoms with Crippen LogP contribution in [0.1, 0.15) is 24.5 Å². The number of morpholine rings is 1. The quantitative estimate of drug-likeness (QED) is 0.318. The molecule has 5 rings (SSSR count). The maximum absolute atomic E-state index is 12.3. The number of urea groups is 1. The summed E-state index contributed by atoms with van der Waals surface area (Å²) in [4.78, 5) is 23.4. The van der Waals surface area contributed by atoms with Crippen LogP contribution in [-0.2, 0) is 9.47 Å². The number of piperidine rings is 1. The highest BCUT2D eigenvalue weighted by atomic mass is 32.2. The molecule has 2 N–H and O–H groups in total. The maximum atomic E-state index is 12.3. The summed E-state index contributed by atoms with van der Waals surface area (Å²) in [5.74, 6) is 0.697. The van der Waals surface area contributed by atoms with E-state index in [9.17, 15) is 18.0 Å². The molecule has 2 aliphatic heterocycles. The van der Waals surface area contributed by atoms with E-state index < -0.39 is 12.3 Å². The number of halogens is 3. The van der Waals surface area contributed by atoms with Crippen molar-refractivity contribution in [1.82, 2.24) is 24.7 Å². The zero-order chi connectivity index (χ0) is 27.4. The van der Waals surface area contributed by atoms with E-state index in [1.165, 1.54) is 0 Å². The molecule has 0 bridgehead atoms. The minimum Gasteiger partial charge on any atom is -0.378 e. The lowest BCUT2D eigenvalue weighted by Gasteiger charge is -2.30. The van der Waals surface area contributed by atoms with Crippen LogP contribution in [0, 0.1) is 0 Å². The van der Waals surface area contributed by atoms with Gasteiger partial charge in [0.1, 0.15) is 17.1 Å². The second kappa shape index (κ2) is 11.9. The monoisotopic (exact) mass is 567 g/mol. The average molecular weight is 568 g/mol. The van der Waals surface area contributed by atoms with E-state index in [1.54, 1.807) is 19.2 Å². The van der Waals surface area contributed by atoms with Crippen LogP contribution in [-0.4, -0.2) is 84.2 Å². The van der Waals surface area contributed by atoms with Crippen molar-refractivity contribution < 1.29 is 32.0 Å². The predicted molar refractivity (Wildman–Crippen MR) is 139 cm³/mol. The van der Waals surface area contributed by atoms with Crippen molar-refractivity contribution in [1.29, 1.82) is 0 Å². The number of carbonyl (C=O) groups is 1. The van der Waals surface area contributed by atoms with Crippen LogP contribution in [0.3, 0.4) is 0 Å². The summed E-state index contributed by atoms with van der Waals surface area (Å²) in [5.41, 5.74) is 3.24. The molecule has 3 aromatic rings. The third kappa shape index (κ3) is 6.72. The Morgan fingerprint density at radius 3 is 2.51 bits per heavy atom. The van der Waals surface area contributed by atoms with Gasteiger partial charge in [0.05, 0.1) is 13.2 Å². The Labute approximate surface area is 226 Å². The van der Waals surface area contributed by atoms with Gasteiger partial charge in [-0.3, -0.25) is 4.74 Å². The Hall–Kier alpha value is -3.14. The number of hydrogen-bond donors (Lipinski definition) is 2. The van der Waals surface area contributed by atoms with Crippen LogP contribution >= 0.6 is 11.9 Å². The Kier molecular flexibility index (Phi) is 8.40. The standard InChI is InChI=1S/C24H28F3N7O4S/c1-28-23(35)29-17-4-2-16(3-5-17)21-30-19-18(15-6-8-34(9-7-15)39-14-37-24(25,26)27)32-38-20(19)22(31-21)33-10-12-36-13-11-33/h2-5,15H,6-14H2,1H3,(H2,28,29,35). The van der Waals surface area contributed by atoms with Gasteiger partial charge in [-0.25, -0.2) is 19.1 Å². The van der Waals surface area contributed by atoms with Gasteiger partial charge in [0.2, 0.25) is 5.58 Å². The first kappa shape index (κ1) is 27.4. The van der Waals surface area contributed by atoms with Crippen LogP contribution in [0.25, 0.3) is 22.5 Å². The lowest BCUT2D eigenvalue weighted by molar-refractivity contribution is -0.315. The number of nitrogens with one attached hydrogen (secondary N) is 2. The van der Waals surface area contributed by atoms with Crippen LogP contribution in [0.4, 0.5) is 29.5 Å². The van der Waals surface area contributed by atoms with Gasteiger partial charge in [0.15, 0.2) is 11.6 Å². The lowest BCUT2D eigenvalue weighted by atomic mass is 9.94. The fourth-order valence-corrected chi connectivity index (χ4v) is 5.35. The summed E-state index contributed by atoms with van der Waals surface area (Å²) < 4.78 is 54.0. The minimum atomic E-state index is -4.64. The highest BCUT2D eigenvalue weighted by molar-refractivity contribution is 7.96. The molecule has 1 aromatic carbocycles. The second-order valence-corrected chi connectivity index (χ2v) is 10.0. The molecule has 15 heteroatoms. The van der Waals surface area contributed by atoms with Crippen molar-refractivity contribution in [2.75, 3.05) is 62.6 Å². The average Bonchev–Trinajstić information content (AvgIpc) is 3.37. The van der Waals surface area contributed by atoms with Gasteiger partial charge in [0, 0.05) is 50.4 Å². The molecular formula is C24H28F3N7O4S. The van der Waals surface area contributed by atoms with Crippen LogP contribution in [0.15, 0.2) is 28.8 Å². The van der Waals surface area contributed by atoms with Gasteiger partial charge in [-0.1, -0.05) is 5.16 Å². The Morgan fingerprint density at radius 1 is 1.13 bits per heavy atom. The largest absolute Gasteiger partial charge is 0.523 e. The van der Waals surface area contributed by atoms with Crippen molar-refractivity contribution in [2.45, 2.75) is 25.1 Å². The smallest absolute Gasteiger partial charge is 0.378 e. The first-order valence-electron chi connectivity index (χ1n) is 12.5. The Morgan fingerprint density at radius 2 is 1.85 bits per heavy atom. The Bertz CT molecular complexity index is 1280. The summed E-state index contributed by atoms with van der Waals surface area (Å²) in [6.45, 7) is 3.59. The van der Waals surface area contributed by atoms with Gasteiger partial charge < -0.3 is 24.8 Å². The molecule has 2 saturated heterocycles. The Balaban J connectivity index is 1.40. The topological polar surface area (TPSA) is 118 Å². The van der Waals surface area contributed by atoms with Crippen LogP contribution in [0.2, 0.25) is 0 Å². The van der Waals surface area contributed by atoms with E-state index in [2.05, 4.69) is 25.4 Å². The molecule has 210 valence electrons. The fourth-order valence-electron chi connectivity index (χ4n) is 4.54. The van der Waals surface area contributed by atoms with Gasteiger partial charge in [-0.05, 0) is 49.1 Å². The molecule has 2 fully saturated rings. The summed E-state index contributed by atoms with van der Waals surface area (Å²) in [6.07, 6.45) is -3.26. The van der Waals surface area contributed by atoms with E-state index >= 15 is 0 Å². The van der Waals surface area contributed by atoms with Crippen molar-refractivity contribution in [3.8, 4) is 11.4 Å². The number of aromatic nitrogens is 3. The van der Waals surface area contributed by atoms with E-state index in [-0.39, 0.29) is 11.9 Å². The number of benzene rings is 1. The molecule has 2 aromatic heterocycles. The molecule has 0 aliphatic carbocycles. The zero-order valence-electron chi connectivity index (χ0n) is 21.2. The number of fused-ring (bicyclic) bond motifs is 1. The number of anilines is 2. The first-order chi connectivity index (χ1) is 18.8. The van der Waals surface area contributed by atoms with Crippen LogP contribution < -0.4 is 15.5 Å². The number of hydrogen-bond acceptors (Lipinski definition) is 10. The lowest BCUT2D eigenvalue weighted by Crippen LogP contribution is -2.37. The predicted octanol–water partition coefficient (Wildman–Crippen LogP) is 4.19. The molecule has 0 atom stereocenters. The first-order valence-corrected chi connectivity index (χ1v) is 13.4. The summed E-state index contributed by atoms with van der Waals surface area (Å²) in [6, 6.07) is 6.90. The number of ether oxygens (including phenoxy) is 2. The SMILES string of the molecule is CNC(=O)Nc1ccc(-c2nc(N3CCOCC3)c3onc(C4CCN(SCOC(F)(F)F)CC4)c3n2)cc1. The highest BCUT2D eigenvalue weighted by Gasteiger charge is 2.32. The van der Waals surface area contributed by atoms with Crippen molar-refractivity contribution >= 4 is 40.6 Å². The number of rotatable bonds is 7. The molecule has 0 radical (unpaired) electrons. The molecule has 0 saturated carbocycles. The molecule has 0 unspecified atom stereocenters. The zero-order valence-corrected chi connectivity index (χ0v) is 22.0. The highest BCUT2D eigenvalue weighted by Crippen LogP contribution is 2.37. The van der Waals surface area contributed by atoms with Crippen molar-refractivity contribution in [3.05, 3.63) is 30.0 Å². The summed E-state index contributed by atoms with van der Waals surface area (Å²) in [7, 11) is 1.54. The second-order valence-electron chi connectivity index (χ2n) is 9.04. The van der Waals surface area contributed by atoms with Crippen molar-refractivity contribution in [3.63, 3.8) is 0 Å². The maximum Gasteiger partial charge on any atom is 0.523 e. The third-order valence-electron chi connectivity index (χ3n) is 6.56. The van der Waals surface area contributed by atoms with Gasteiger partial charge in [0.25, 0.3) is 0 Å². The molecule has 2 amide bonds. The fraction of sp³-hybridized carbons (Fsp3) is 0.500. The third-order valence-corrected chi connectivity index (χ3v) is 7.52. The van der Waals surface area contributed by atoms with Gasteiger partial charge in [-0.2, -0.15) is 0 Å². The molecule has 11 nitrogen and oxygen atoms in total. The van der Waals surface area contributed by atoms with Gasteiger partial charge in [-0.15, -0.1) is 13.2 Å². The molecule has 39 heavy (non-hydrogen) atoms. The summed E-state index contributed by atoms with van der Waals surface area (Å²) in [5, 5.41) is 9.64. The summed E-state index contributed by atoms with van der Waals surface area (Å²) >= 11 is 1.03. The minimum absolute atomic E-state index is 0.0334. The molecular weight excluding hydrogens is 539 g/mol. The number of nitrogens with zero attached hydrogens (tertiary/aromatic N) is 5. The van der Waals surface area contributed by atoms with Crippen molar-refractivity contribution in [2.24, 2.45) is 0 Å². The van der Waals surface area contributed by atoms with E-state index in [0.717, 1.165) is 23.2 Å². The molecule has 2 aliphatic rings.